The van der Waals surface area contributed by atoms with Gasteiger partial charge >= 0.3 is 12.4 Å². The van der Waals surface area contributed by atoms with Crippen molar-refractivity contribution in [2.45, 2.75) is 30.7 Å². The molecular weight excluding hydrogens is 492 g/mol. The number of nitrogens with zero attached hydrogens (tertiary/aromatic N) is 3. The molecular formula is C24H23F6N3O3. The van der Waals surface area contributed by atoms with Crippen molar-refractivity contribution in [1.29, 1.82) is 0 Å². The standard InChI is InChI=1S/C24H23F6N3O3/c25-23(26,27)17-12-16(13-18(14-17)24(28,29)30)20(35)31-8-6-22(7-9-31)21(36)32(10-11-34)15-33(22)19-4-2-1-3-5-19/h1-5,12-14,34H,6-11,15H2. The first-order valence-corrected chi connectivity index (χ1v) is 11.2. The predicted molar refractivity (Wildman–Crippen MR) is 117 cm³/mol. The van der Waals surface area contributed by atoms with E-state index in [4.69, 9.17) is 0 Å². The van der Waals surface area contributed by atoms with Crippen LogP contribution >= 0.6 is 0 Å². The Bertz CT molecular complexity index is 1100. The first-order chi connectivity index (χ1) is 16.9. The highest BCUT2D eigenvalue weighted by atomic mass is 19.4. The van der Waals surface area contributed by atoms with E-state index in [9.17, 15) is 41.0 Å². The molecule has 2 heterocycles. The largest absolute Gasteiger partial charge is 0.416 e. The number of aliphatic hydroxyl groups is 1. The van der Waals surface area contributed by atoms with Crippen LogP contribution in [-0.4, -0.2) is 65.2 Å². The molecule has 2 saturated heterocycles. The molecule has 2 amide bonds. The number of para-hydroxylation sites is 1. The van der Waals surface area contributed by atoms with Crippen molar-refractivity contribution in [2.24, 2.45) is 0 Å². The molecule has 36 heavy (non-hydrogen) atoms. The molecule has 0 aromatic heterocycles. The minimum Gasteiger partial charge on any atom is -0.395 e. The van der Waals surface area contributed by atoms with Gasteiger partial charge in [0.25, 0.3) is 5.91 Å². The highest BCUT2D eigenvalue weighted by Gasteiger charge is 2.54. The second-order valence-electron chi connectivity index (χ2n) is 8.82. The van der Waals surface area contributed by atoms with Crippen molar-refractivity contribution in [2.75, 3.05) is 37.8 Å². The maximum absolute atomic E-state index is 13.3. The fraction of sp³-hybridized carbons (Fsp3) is 0.417. The normalized spacial score (nSPS) is 18.3. The molecule has 0 bridgehead atoms. The zero-order chi connectivity index (χ0) is 26.3. The molecule has 2 aliphatic rings. The van der Waals surface area contributed by atoms with Crippen molar-refractivity contribution in [1.82, 2.24) is 9.80 Å². The van der Waals surface area contributed by atoms with Crippen molar-refractivity contribution >= 4 is 17.5 Å². The van der Waals surface area contributed by atoms with Gasteiger partial charge < -0.3 is 19.8 Å². The third-order valence-corrected chi connectivity index (χ3v) is 6.66. The Morgan fingerprint density at radius 3 is 1.97 bits per heavy atom. The molecule has 6 nitrogen and oxygen atoms in total. The topological polar surface area (TPSA) is 64.1 Å². The SMILES string of the molecule is O=C(c1cc(C(F)(F)F)cc(C(F)(F)F)c1)N1CCC2(CC1)C(=O)N(CCO)CN2c1ccccc1. The average Bonchev–Trinajstić information content (AvgIpc) is 3.10. The highest BCUT2D eigenvalue weighted by molar-refractivity contribution is 5.96. The van der Waals surface area contributed by atoms with Crippen LogP contribution in [0.5, 0.6) is 0 Å². The van der Waals surface area contributed by atoms with Gasteiger partial charge in [-0.05, 0) is 43.2 Å². The lowest BCUT2D eigenvalue weighted by Gasteiger charge is -2.43. The Balaban J connectivity index is 1.61. The molecule has 12 heteroatoms. The summed E-state index contributed by atoms with van der Waals surface area (Å²) < 4.78 is 79.4. The number of halogens is 6. The number of benzene rings is 2. The number of piperidine rings is 1. The maximum Gasteiger partial charge on any atom is 0.416 e. The number of likely N-dealkylation sites (tertiary alicyclic amines) is 1. The molecule has 0 unspecified atom stereocenters. The van der Waals surface area contributed by atoms with E-state index in [2.05, 4.69) is 0 Å². The van der Waals surface area contributed by atoms with Crippen LogP contribution in [-0.2, 0) is 17.1 Å². The fourth-order valence-corrected chi connectivity index (χ4v) is 4.83. The van der Waals surface area contributed by atoms with E-state index < -0.39 is 40.5 Å². The maximum atomic E-state index is 13.3. The molecule has 4 rings (SSSR count). The molecule has 194 valence electrons. The minimum absolute atomic E-state index is 0.0212. The lowest BCUT2D eigenvalue weighted by Crippen LogP contribution is -2.57. The number of aliphatic hydroxyl groups excluding tert-OH is 1. The van der Waals surface area contributed by atoms with Gasteiger partial charge in [-0.2, -0.15) is 26.3 Å². The first-order valence-electron chi connectivity index (χ1n) is 11.2. The summed E-state index contributed by atoms with van der Waals surface area (Å²) in [5, 5.41) is 9.36. The van der Waals surface area contributed by atoms with Gasteiger partial charge in [0, 0.05) is 30.9 Å². The minimum atomic E-state index is -5.06. The number of rotatable bonds is 4. The van der Waals surface area contributed by atoms with Crippen LogP contribution < -0.4 is 4.90 Å². The second-order valence-corrected chi connectivity index (χ2v) is 8.82. The van der Waals surface area contributed by atoms with E-state index in [1.807, 2.05) is 23.1 Å². The Kier molecular flexibility index (Phi) is 6.67. The molecule has 0 aliphatic carbocycles. The summed E-state index contributed by atoms with van der Waals surface area (Å²) in [6.45, 7) is -0.0139. The molecule has 0 atom stereocenters. The van der Waals surface area contributed by atoms with Crippen molar-refractivity contribution in [3.05, 3.63) is 65.2 Å². The number of β-amino-alcohol motifs (C(OH)–C–C–N with tert-alkyl or cyclic N) is 1. The van der Waals surface area contributed by atoms with Crippen LogP contribution in [0.4, 0.5) is 32.0 Å². The van der Waals surface area contributed by atoms with Gasteiger partial charge in [-0.1, -0.05) is 18.2 Å². The molecule has 2 aromatic rings. The lowest BCUT2D eigenvalue weighted by atomic mass is 9.85. The average molecular weight is 515 g/mol. The smallest absolute Gasteiger partial charge is 0.395 e. The van der Waals surface area contributed by atoms with Gasteiger partial charge in [-0.25, -0.2) is 0 Å². The third kappa shape index (κ3) is 4.73. The molecule has 1 spiro atoms. The lowest BCUT2D eigenvalue weighted by molar-refractivity contribution is -0.143. The number of carbonyl (C=O) groups is 2. The number of hydrogen-bond acceptors (Lipinski definition) is 4. The zero-order valence-electron chi connectivity index (χ0n) is 18.9. The van der Waals surface area contributed by atoms with Gasteiger partial charge in [0.1, 0.15) is 5.54 Å². The summed E-state index contributed by atoms with van der Waals surface area (Å²) in [7, 11) is 0. The summed E-state index contributed by atoms with van der Waals surface area (Å²) in [6, 6.07) is 9.85. The number of hydrogen-bond donors (Lipinski definition) is 1. The van der Waals surface area contributed by atoms with E-state index >= 15 is 0 Å². The predicted octanol–water partition coefficient (Wildman–Crippen LogP) is 4.00. The van der Waals surface area contributed by atoms with Crippen molar-refractivity contribution < 1.29 is 41.0 Å². The van der Waals surface area contributed by atoms with Crippen LogP contribution in [0.1, 0.15) is 34.3 Å². The molecule has 2 aliphatic heterocycles. The van der Waals surface area contributed by atoms with Gasteiger partial charge in [-0.3, -0.25) is 9.59 Å². The summed E-state index contributed by atoms with van der Waals surface area (Å²) in [5.74, 6) is -1.21. The van der Waals surface area contributed by atoms with Gasteiger partial charge in [0.05, 0.1) is 24.4 Å². The Morgan fingerprint density at radius 1 is 0.917 bits per heavy atom. The Labute approximate surface area is 202 Å². The quantitative estimate of drug-likeness (QED) is 0.626. The van der Waals surface area contributed by atoms with Gasteiger partial charge in [-0.15, -0.1) is 0 Å². The van der Waals surface area contributed by atoms with Gasteiger partial charge in [0.2, 0.25) is 5.91 Å². The molecule has 0 saturated carbocycles. The monoisotopic (exact) mass is 515 g/mol. The highest BCUT2D eigenvalue weighted by Crippen LogP contribution is 2.40. The van der Waals surface area contributed by atoms with E-state index in [0.717, 1.165) is 5.69 Å². The molecule has 2 aromatic carbocycles. The van der Waals surface area contributed by atoms with E-state index in [0.29, 0.717) is 12.1 Å². The molecule has 0 radical (unpaired) electrons. The van der Waals surface area contributed by atoms with Crippen LogP contribution in [0.3, 0.4) is 0 Å². The number of alkyl halides is 6. The summed E-state index contributed by atoms with van der Waals surface area (Å²) in [6.07, 6.45) is -9.88. The van der Waals surface area contributed by atoms with Crippen LogP contribution in [0.25, 0.3) is 0 Å². The van der Waals surface area contributed by atoms with Crippen LogP contribution in [0.15, 0.2) is 48.5 Å². The van der Waals surface area contributed by atoms with Crippen LogP contribution in [0.2, 0.25) is 0 Å². The van der Waals surface area contributed by atoms with Crippen LogP contribution in [0, 0.1) is 0 Å². The van der Waals surface area contributed by atoms with Crippen molar-refractivity contribution in [3.8, 4) is 0 Å². The van der Waals surface area contributed by atoms with Crippen molar-refractivity contribution in [3.63, 3.8) is 0 Å². The number of carbonyl (C=O) groups excluding carboxylic acids is 2. The number of amides is 2. The number of anilines is 1. The summed E-state index contributed by atoms with van der Waals surface area (Å²) in [5.41, 5.74) is -4.13. The first kappa shape index (κ1) is 25.8. The zero-order valence-corrected chi connectivity index (χ0v) is 18.9. The third-order valence-electron chi connectivity index (χ3n) is 6.66. The Morgan fingerprint density at radius 2 is 1.47 bits per heavy atom. The van der Waals surface area contributed by atoms with E-state index in [-0.39, 0.29) is 57.7 Å². The summed E-state index contributed by atoms with van der Waals surface area (Å²) >= 11 is 0. The van der Waals surface area contributed by atoms with E-state index in [1.54, 1.807) is 12.1 Å². The second kappa shape index (κ2) is 9.30. The van der Waals surface area contributed by atoms with Gasteiger partial charge in [0.15, 0.2) is 0 Å². The Hall–Kier alpha value is -3.28. The molecule has 1 N–H and O–H groups in total. The van der Waals surface area contributed by atoms with E-state index in [1.165, 1.54) is 9.80 Å². The molecule has 2 fully saturated rings. The summed E-state index contributed by atoms with van der Waals surface area (Å²) in [4.78, 5) is 30.9. The fourth-order valence-electron chi connectivity index (χ4n) is 4.83.